The van der Waals surface area contributed by atoms with Crippen molar-refractivity contribution in [1.82, 2.24) is 4.98 Å². The molecule has 1 atom stereocenters. The Hall–Kier alpha value is -2.13. The molecule has 6 heteroatoms. The lowest BCUT2D eigenvalue weighted by Crippen LogP contribution is -2.16. The number of rotatable bonds is 3. The predicted molar refractivity (Wildman–Crippen MR) is 71.0 cm³/mol. The first-order chi connectivity index (χ1) is 9.54. The van der Waals surface area contributed by atoms with Gasteiger partial charge in [-0.15, -0.1) is 0 Å². The molecule has 1 aromatic heterocycles. The normalized spacial score (nSPS) is 11.7. The highest BCUT2D eigenvalue weighted by molar-refractivity contribution is 9.10. The van der Waals surface area contributed by atoms with E-state index in [1.165, 1.54) is 12.3 Å². The maximum atomic E-state index is 13.8. The summed E-state index contributed by atoms with van der Waals surface area (Å²) in [7, 11) is 0. The van der Waals surface area contributed by atoms with Crippen LogP contribution in [0.5, 0.6) is 0 Å². The van der Waals surface area contributed by atoms with Gasteiger partial charge in [0.25, 0.3) is 0 Å². The van der Waals surface area contributed by atoms with E-state index in [4.69, 9.17) is 5.26 Å². The summed E-state index contributed by atoms with van der Waals surface area (Å²) in [5, 5.41) is 9.08. The molecule has 2 aromatic rings. The fraction of sp³-hybridized carbons (Fsp3) is 0.0714. The van der Waals surface area contributed by atoms with Gasteiger partial charge in [-0.1, -0.05) is 22.0 Å². The molecule has 0 bridgehead atoms. The second kappa shape index (κ2) is 5.88. The number of nitriles is 1. The van der Waals surface area contributed by atoms with Crippen LogP contribution in [0.2, 0.25) is 0 Å². The van der Waals surface area contributed by atoms with Crippen molar-refractivity contribution in [3.8, 4) is 6.07 Å². The molecule has 100 valence electrons. The lowest BCUT2D eigenvalue weighted by molar-refractivity contribution is 0.0969. The van der Waals surface area contributed by atoms with E-state index in [9.17, 15) is 13.6 Å². The molecule has 1 heterocycles. The molecule has 0 aliphatic rings. The molecule has 0 saturated carbocycles. The van der Waals surface area contributed by atoms with E-state index in [1.54, 1.807) is 18.2 Å². The quantitative estimate of drug-likeness (QED) is 0.804. The smallest absolute Gasteiger partial charge is 0.191 e. The van der Waals surface area contributed by atoms with Crippen molar-refractivity contribution in [3.63, 3.8) is 0 Å². The first kappa shape index (κ1) is 14.3. The standard InChI is InChI=1S/C14H7BrF2N2O/c15-8-5-10(16)13(11(17)6-8)14(20)9(7-18)12-3-1-2-4-19-12/h1-6,9H. The molecule has 20 heavy (non-hydrogen) atoms. The Bertz CT molecular complexity index is 675. The summed E-state index contributed by atoms with van der Waals surface area (Å²) in [5.41, 5.74) is -0.577. The number of halogens is 3. The van der Waals surface area contributed by atoms with Crippen LogP contribution in [0.25, 0.3) is 0 Å². The number of hydrogen-bond donors (Lipinski definition) is 0. The van der Waals surface area contributed by atoms with Crippen LogP contribution < -0.4 is 0 Å². The zero-order valence-electron chi connectivity index (χ0n) is 9.98. The number of carbonyl (C=O) groups excluding carboxylic acids is 1. The lowest BCUT2D eigenvalue weighted by Gasteiger charge is -2.09. The van der Waals surface area contributed by atoms with Gasteiger partial charge in [-0.25, -0.2) is 8.78 Å². The highest BCUT2D eigenvalue weighted by atomic mass is 79.9. The Balaban J connectivity index is 2.48. The van der Waals surface area contributed by atoms with Crippen LogP contribution in [-0.2, 0) is 0 Å². The predicted octanol–water partition coefficient (Wildman–Crippen LogP) is 3.61. The first-order valence-electron chi connectivity index (χ1n) is 5.54. The number of Topliss-reactive ketones (excluding diaryl/α,β-unsaturated/α-hetero) is 1. The summed E-state index contributed by atoms with van der Waals surface area (Å²) in [6.45, 7) is 0. The van der Waals surface area contributed by atoms with Crippen molar-refractivity contribution >= 4 is 21.7 Å². The molecular weight excluding hydrogens is 330 g/mol. The molecule has 1 unspecified atom stereocenters. The number of pyridine rings is 1. The summed E-state index contributed by atoms with van der Waals surface area (Å²) in [4.78, 5) is 16.0. The van der Waals surface area contributed by atoms with E-state index in [1.807, 2.05) is 0 Å². The Morgan fingerprint density at radius 1 is 1.30 bits per heavy atom. The van der Waals surface area contributed by atoms with Crippen molar-refractivity contribution in [3.05, 3.63) is 63.9 Å². The molecule has 3 nitrogen and oxygen atoms in total. The molecule has 0 aliphatic carbocycles. The third-order valence-electron chi connectivity index (χ3n) is 2.63. The minimum atomic E-state index is -1.35. The highest BCUT2D eigenvalue weighted by Crippen LogP contribution is 2.25. The van der Waals surface area contributed by atoms with E-state index < -0.39 is 28.9 Å². The largest absolute Gasteiger partial charge is 0.292 e. The molecule has 0 aliphatic heterocycles. The van der Waals surface area contributed by atoms with Crippen LogP contribution in [0.4, 0.5) is 8.78 Å². The average Bonchev–Trinajstić information content (AvgIpc) is 2.39. The Labute approximate surface area is 122 Å². The monoisotopic (exact) mass is 336 g/mol. The molecule has 2 rings (SSSR count). The first-order valence-corrected chi connectivity index (χ1v) is 6.33. The Morgan fingerprint density at radius 3 is 2.45 bits per heavy atom. The van der Waals surface area contributed by atoms with E-state index in [2.05, 4.69) is 20.9 Å². The maximum Gasteiger partial charge on any atom is 0.191 e. The fourth-order valence-electron chi connectivity index (χ4n) is 1.73. The van der Waals surface area contributed by atoms with Gasteiger partial charge in [0.2, 0.25) is 0 Å². The summed E-state index contributed by atoms with van der Waals surface area (Å²) >= 11 is 2.93. The minimum absolute atomic E-state index is 0.154. The van der Waals surface area contributed by atoms with Crippen molar-refractivity contribution in [2.24, 2.45) is 0 Å². The summed E-state index contributed by atoms with van der Waals surface area (Å²) in [5.74, 6) is -4.33. The lowest BCUT2D eigenvalue weighted by atomic mass is 9.94. The van der Waals surface area contributed by atoms with E-state index in [0.29, 0.717) is 0 Å². The third kappa shape index (κ3) is 2.73. The molecule has 0 amide bonds. The van der Waals surface area contributed by atoms with Crippen LogP contribution in [0.3, 0.4) is 0 Å². The van der Waals surface area contributed by atoms with Gasteiger partial charge < -0.3 is 0 Å². The van der Waals surface area contributed by atoms with Crippen LogP contribution in [0.1, 0.15) is 22.0 Å². The Kier molecular flexibility index (Phi) is 4.20. The van der Waals surface area contributed by atoms with Crippen molar-refractivity contribution in [2.45, 2.75) is 5.92 Å². The molecule has 1 aromatic carbocycles. The van der Waals surface area contributed by atoms with Crippen molar-refractivity contribution < 1.29 is 13.6 Å². The van der Waals surface area contributed by atoms with Crippen LogP contribution in [0, 0.1) is 23.0 Å². The summed E-state index contributed by atoms with van der Waals surface area (Å²) in [6.07, 6.45) is 1.40. The van der Waals surface area contributed by atoms with Gasteiger partial charge in [-0.3, -0.25) is 9.78 Å². The molecular formula is C14H7BrF2N2O. The molecule has 0 fully saturated rings. The Morgan fingerprint density at radius 2 is 1.95 bits per heavy atom. The van der Waals surface area contributed by atoms with Gasteiger partial charge >= 0.3 is 0 Å². The van der Waals surface area contributed by atoms with Crippen LogP contribution in [0.15, 0.2) is 41.0 Å². The van der Waals surface area contributed by atoms with Crippen molar-refractivity contribution in [1.29, 1.82) is 5.26 Å². The topological polar surface area (TPSA) is 53.8 Å². The summed E-state index contributed by atoms with van der Waals surface area (Å²) < 4.78 is 27.7. The van der Waals surface area contributed by atoms with Gasteiger partial charge in [0.1, 0.15) is 11.6 Å². The van der Waals surface area contributed by atoms with Gasteiger partial charge in [0.15, 0.2) is 11.7 Å². The molecule has 0 N–H and O–H groups in total. The number of carbonyl (C=O) groups is 1. The maximum absolute atomic E-state index is 13.8. The zero-order valence-corrected chi connectivity index (χ0v) is 11.6. The van der Waals surface area contributed by atoms with E-state index in [-0.39, 0.29) is 10.2 Å². The highest BCUT2D eigenvalue weighted by Gasteiger charge is 2.28. The van der Waals surface area contributed by atoms with Gasteiger partial charge in [-0.2, -0.15) is 5.26 Å². The molecule has 0 saturated heterocycles. The third-order valence-corrected chi connectivity index (χ3v) is 3.09. The van der Waals surface area contributed by atoms with Gasteiger partial charge in [0.05, 0.1) is 17.3 Å². The summed E-state index contributed by atoms with van der Waals surface area (Å²) in [6, 6.07) is 8.34. The number of aromatic nitrogens is 1. The number of ketones is 1. The number of nitrogens with zero attached hydrogens (tertiary/aromatic N) is 2. The zero-order chi connectivity index (χ0) is 14.7. The van der Waals surface area contributed by atoms with Crippen molar-refractivity contribution in [2.75, 3.05) is 0 Å². The van der Waals surface area contributed by atoms with Crippen LogP contribution in [-0.4, -0.2) is 10.8 Å². The minimum Gasteiger partial charge on any atom is -0.292 e. The second-order valence-electron chi connectivity index (χ2n) is 3.93. The second-order valence-corrected chi connectivity index (χ2v) is 4.84. The van der Waals surface area contributed by atoms with Gasteiger partial charge in [-0.05, 0) is 24.3 Å². The molecule has 0 radical (unpaired) electrons. The SMILES string of the molecule is N#CC(C(=O)c1c(F)cc(Br)cc1F)c1ccccn1. The number of hydrogen-bond acceptors (Lipinski definition) is 3. The van der Waals surface area contributed by atoms with Gasteiger partial charge in [0, 0.05) is 10.7 Å². The van der Waals surface area contributed by atoms with E-state index in [0.717, 1.165) is 12.1 Å². The number of benzene rings is 1. The average molecular weight is 337 g/mol. The van der Waals surface area contributed by atoms with E-state index >= 15 is 0 Å². The van der Waals surface area contributed by atoms with Crippen LogP contribution >= 0.6 is 15.9 Å². The molecule has 0 spiro atoms. The fourth-order valence-corrected chi connectivity index (χ4v) is 2.13.